The van der Waals surface area contributed by atoms with Crippen molar-refractivity contribution in [1.82, 2.24) is 9.80 Å². The summed E-state index contributed by atoms with van der Waals surface area (Å²) in [6, 6.07) is 9.86. The van der Waals surface area contributed by atoms with Gasteiger partial charge in [-0.25, -0.2) is 4.99 Å². The van der Waals surface area contributed by atoms with E-state index in [2.05, 4.69) is 15.1 Å². The van der Waals surface area contributed by atoms with Gasteiger partial charge >= 0.3 is 0 Å². The molecule has 0 spiro atoms. The van der Waals surface area contributed by atoms with Gasteiger partial charge in [0.15, 0.2) is 6.04 Å². The number of nitrogens with zero attached hydrogens (tertiary/aromatic N) is 3. The third-order valence-electron chi connectivity index (χ3n) is 5.68. The van der Waals surface area contributed by atoms with Crippen LogP contribution in [0.25, 0.3) is 0 Å². The molecule has 5 heteroatoms. The lowest BCUT2D eigenvalue weighted by atomic mass is 9.87. The standard InChI is InChI=1S/C20H27N3OS/c1-22(17-11-5-6-12-18(17)23-13-7-8-14-23)20(24)19(21-15-25)16-9-3-2-4-10-16/h2-4,9-10,17-19H,5-8,11-14H2,1H3/t17-,18-,19+/m1/s1. The average Bonchev–Trinajstić information content (AvgIpc) is 3.20. The van der Waals surface area contributed by atoms with Crippen molar-refractivity contribution in [3.8, 4) is 0 Å². The Kier molecular flexibility index (Phi) is 6.35. The molecule has 1 aromatic rings. The number of isothiocyanates is 1. The van der Waals surface area contributed by atoms with Crippen LogP contribution in [0.3, 0.4) is 0 Å². The molecule has 1 aliphatic carbocycles. The first-order chi connectivity index (χ1) is 12.2. The van der Waals surface area contributed by atoms with Crippen LogP contribution in [0.1, 0.15) is 50.1 Å². The molecular weight excluding hydrogens is 330 g/mol. The van der Waals surface area contributed by atoms with Crippen molar-refractivity contribution in [1.29, 1.82) is 0 Å². The molecule has 0 unspecified atom stereocenters. The number of carbonyl (C=O) groups excluding carboxylic acids is 1. The summed E-state index contributed by atoms with van der Waals surface area (Å²) in [5.74, 6) is 0.0275. The summed E-state index contributed by atoms with van der Waals surface area (Å²) < 4.78 is 0. The zero-order valence-electron chi connectivity index (χ0n) is 14.9. The maximum absolute atomic E-state index is 13.2. The number of hydrogen-bond donors (Lipinski definition) is 0. The van der Waals surface area contributed by atoms with Crippen molar-refractivity contribution in [2.24, 2.45) is 4.99 Å². The van der Waals surface area contributed by atoms with Crippen molar-refractivity contribution >= 4 is 23.3 Å². The van der Waals surface area contributed by atoms with Crippen LogP contribution in [0, 0.1) is 0 Å². The molecule has 1 saturated carbocycles. The van der Waals surface area contributed by atoms with Crippen molar-refractivity contribution in [3.05, 3.63) is 35.9 Å². The van der Waals surface area contributed by atoms with Gasteiger partial charge in [0.1, 0.15) is 0 Å². The molecule has 4 nitrogen and oxygen atoms in total. The highest BCUT2D eigenvalue weighted by atomic mass is 32.1. The molecule has 0 bridgehead atoms. The number of benzene rings is 1. The van der Waals surface area contributed by atoms with Crippen LogP contribution in [0.5, 0.6) is 0 Å². The fourth-order valence-electron chi connectivity index (χ4n) is 4.36. The predicted octanol–water partition coefficient (Wildman–Crippen LogP) is 3.70. The lowest BCUT2D eigenvalue weighted by Gasteiger charge is -2.43. The minimum atomic E-state index is -0.579. The highest BCUT2D eigenvalue weighted by Crippen LogP contribution is 2.31. The fourth-order valence-corrected chi connectivity index (χ4v) is 4.46. The summed E-state index contributed by atoms with van der Waals surface area (Å²) in [4.78, 5) is 21.9. The van der Waals surface area contributed by atoms with Gasteiger partial charge in [0.05, 0.1) is 5.16 Å². The summed E-state index contributed by atoms with van der Waals surface area (Å²) in [6.45, 7) is 2.34. The number of rotatable bonds is 5. The van der Waals surface area contributed by atoms with Crippen LogP contribution < -0.4 is 0 Å². The second-order valence-electron chi connectivity index (χ2n) is 7.14. The Labute approximate surface area is 155 Å². The molecule has 0 radical (unpaired) electrons. The van der Waals surface area contributed by atoms with Gasteiger partial charge in [-0.2, -0.15) is 0 Å². The van der Waals surface area contributed by atoms with Crippen molar-refractivity contribution in [2.75, 3.05) is 20.1 Å². The molecule has 1 aliphatic heterocycles. The number of amides is 1. The Morgan fingerprint density at radius 3 is 2.56 bits per heavy atom. The van der Waals surface area contributed by atoms with E-state index >= 15 is 0 Å². The molecule has 1 saturated heterocycles. The van der Waals surface area contributed by atoms with Gasteiger partial charge < -0.3 is 4.90 Å². The van der Waals surface area contributed by atoms with Crippen LogP contribution in [0.15, 0.2) is 35.3 Å². The SMILES string of the molecule is CN(C(=O)[C@@H](N=C=S)c1ccccc1)[C@@H]1CCCC[C@H]1N1CCCC1. The molecule has 0 aromatic heterocycles. The minimum Gasteiger partial charge on any atom is -0.339 e. The topological polar surface area (TPSA) is 35.9 Å². The van der Waals surface area contributed by atoms with Crippen LogP contribution in [0.2, 0.25) is 0 Å². The largest absolute Gasteiger partial charge is 0.339 e. The van der Waals surface area contributed by atoms with Crippen LogP contribution >= 0.6 is 12.2 Å². The molecule has 134 valence electrons. The number of hydrogen-bond acceptors (Lipinski definition) is 4. The lowest BCUT2D eigenvalue weighted by Crippen LogP contribution is -2.53. The summed E-state index contributed by atoms with van der Waals surface area (Å²) in [7, 11) is 1.94. The van der Waals surface area contributed by atoms with Crippen molar-refractivity contribution in [2.45, 2.75) is 56.7 Å². The zero-order valence-corrected chi connectivity index (χ0v) is 15.8. The number of carbonyl (C=O) groups is 1. The van der Waals surface area contributed by atoms with Gasteiger partial charge in [-0.05, 0) is 56.6 Å². The molecule has 25 heavy (non-hydrogen) atoms. The quantitative estimate of drug-likeness (QED) is 0.595. The van der Waals surface area contributed by atoms with Gasteiger partial charge in [0.25, 0.3) is 5.91 Å². The highest BCUT2D eigenvalue weighted by Gasteiger charge is 2.37. The van der Waals surface area contributed by atoms with Gasteiger partial charge in [-0.15, -0.1) is 0 Å². The fraction of sp³-hybridized carbons (Fsp3) is 0.600. The Hall–Kier alpha value is -1.55. The van der Waals surface area contributed by atoms with Crippen LogP contribution in [0.4, 0.5) is 0 Å². The lowest BCUT2D eigenvalue weighted by molar-refractivity contribution is -0.135. The van der Waals surface area contributed by atoms with E-state index in [0.29, 0.717) is 6.04 Å². The first-order valence-corrected chi connectivity index (χ1v) is 9.76. The second kappa shape index (κ2) is 8.70. The number of likely N-dealkylation sites (tertiary alicyclic amines) is 1. The first kappa shape index (κ1) is 18.2. The number of likely N-dealkylation sites (N-methyl/N-ethyl adjacent to an activating group) is 1. The van der Waals surface area contributed by atoms with E-state index in [1.165, 1.54) is 45.2 Å². The summed E-state index contributed by atoms with van der Waals surface area (Å²) in [5, 5.41) is 2.42. The normalized spacial score (nSPS) is 25.2. The molecule has 1 aromatic carbocycles. The third-order valence-corrected chi connectivity index (χ3v) is 5.79. The molecular formula is C20H27N3OS. The van der Waals surface area contributed by atoms with E-state index in [1.807, 2.05) is 42.3 Å². The Balaban J connectivity index is 1.79. The van der Waals surface area contributed by atoms with E-state index in [9.17, 15) is 4.79 Å². The molecule has 3 atom stereocenters. The zero-order chi connectivity index (χ0) is 17.6. The molecule has 1 heterocycles. The highest BCUT2D eigenvalue weighted by molar-refractivity contribution is 7.78. The van der Waals surface area contributed by atoms with Gasteiger partial charge in [0.2, 0.25) is 0 Å². The average molecular weight is 358 g/mol. The predicted molar refractivity (Wildman–Crippen MR) is 104 cm³/mol. The van der Waals surface area contributed by atoms with Crippen LogP contribution in [-0.2, 0) is 4.79 Å². The van der Waals surface area contributed by atoms with Crippen LogP contribution in [-0.4, -0.2) is 53.1 Å². The minimum absolute atomic E-state index is 0.0275. The molecule has 2 fully saturated rings. The van der Waals surface area contributed by atoms with Gasteiger partial charge in [0, 0.05) is 19.1 Å². The summed E-state index contributed by atoms with van der Waals surface area (Å²) in [6.07, 6.45) is 7.28. The molecule has 0 N–H and O–H groups in total. The molecule has 3 rings (SSSR count). The first-order valence-electron chi connectivity index (χ1n) is 9.35. The van der Waals surface area contributed by atoms with Gasteiger partial charge in [-0.3, -0.25) is 9.69 Å². The number of thiocarbonyl (C=S) groups is 1. The van der Waals surface area contributed by atoms with E-state index < -0.39 is 6.04 Å². The van der Waals surface area contributed by atoms with Gasteiger partial charge in [-0.1, -0.05) is 43.2 Å². The monoisotopic (exact) mass is 357 g/mol. The summed E-state index contributed by atoms with van der Waals surface area (Å²) >= 11 is 4.81. The Morgan fingerprint density at radius 2 is 1.88 bits per heavy atom. The third kappa shape index (κ3) is 4.17. The number of aliphatic imine (C=N–C) groups is 1. The van der Waals surface area contributed by atoms with E-state index in [-0.39, 0.29) is 11.9 Å². The maximum Gasteiger partial charge on any atom is 0.252 e. The van der Waals surface area contributed by atoms with E-state index in [1.54, 1.807) is 0 Å². The van der Waals surface area contributed by atoms with Crippen molar-refractivity contribution in [3.63, 3.8) is 0 Å². The smallest absolute Gasteiger partial charge is 0.252 e. The maximum atomic E-state index is 13.2. The summed E-state index contributed by atoms with van der Waals surface area (Å²) in [5.41, 5.74) is 0.880. The van der Waals surface area contributed by atoms with E-state index in [0.717, 1.165) is 12.0 Å². The van der Waals surface area contributed by atoms with Crippen molar-refractivity contribution < 1.29 is 4.79 Å². The molecule has 2 aliphatic rings. The Bertz CT molecular complexity index is 623. The second-order valence-corrected chi connectivity index (χ2v) is 7.33. The van der Waals surface area contributed by atoms with E-state index in [4.69, 9.17) is 12.2 Å². The Morgan fingerprint density at radius 1 is 1.20 bits per heavy atom. The molecule has 1 amide bonds.